The maximum Gasteiger partial charge on any atom is 0.162 e. The van der Waals surface area contributed by atoms with Gasteiger partial charge in [0.15, 0.2) is 5.66 Å². The molecule has 1 unspecified atom stereocenters. The quantitative estimate of drug-likeness (QED) is 0.529. The molecule has 1 aliphatic rings. The standard InChI is InChI=1S/C7H9N3/c1-6(5-8)7(2)9-3-4-10-7/h3-4,6H,1-2H3. The molecule has 1 aliphatic heterocycles. The van der Waals surface area contributed by atoms with Gasteiger partial charge in [0.05, 0.1) is 12.0 Å². The van der Waals surface area contributed by atoms with Crippen molar-refractivity contribution in [2.45, 2.75) is 19.5 Å². The second-order valence-corrected chi connectivity index (χ2v) is 2.50. The summed E-state index contributed by atoms with van der Waals surface area (Å²) in [6, 6.07) is 2.12. The van der Waals surface area contributed by atoms with Gasteiger partial charge in [-0.2, -0.15) is 5.26 Å². The molecule has 0 radical (unpaired) electrons. The Kier molecular flexibility index (Phi) is 1.54. The molecular weight excluding hydrogens is 126 g/mol. The molecule has 0 saturated heterocycles. The van der Waals surface area contributed by atoms with Gasteiger partial charge in [-0.05, 0) is 13.8 Å². The summed E-state index contributed by atoms with van der Waals surface area (Å²) in [6.07, 6.45) is 3.27. The fraction of sp³-hybridized carbons (Fsp3) is 0.571. The maximum absolute atomic E-state index is 8.56. The molecule has 10 heavy (non-hydrogen) atoms. The van der Waals surface area contributed by atoms with Crippen LogP contribution >= 0.6 is 0 Å². The molecule has 0 bridgehead atoms. The Morgan fingerprint density at radius 2 is 2.00 bits per heavy atom. The van der Waals surface area contributed by atoms with E-state index in [0.29, 0.717) is 0 Å². The van der Waals surface area contributed by atoms with Gasteiger partial charge in [-0.1, -0.05) is 0 Å². The summed E-state index contributed by atoms with van der Waals surface area (Å²) in [5.74, 6) is -0.150. The first-order valence-corrected chi connectivity index (χ1v) is 3.18. The van der Waals surface area contributed by atoms with Crippen molar-refractivity contribution in [1.29, 1.82) is 5.26 Å². The molecule has 0 saturated carbocycles. The van der Waals surface area contributed by atoms with Crippen LogP contribution in [0.3, 0.4) is 0 Å². The SMILES string of the molecule is CC(C#N)C1(C)N=CC=N1. The van der Waals surface area contributed by atoms with E-state index in [-0.39, 0.29) is 5.92 Å². The molecule has 0 fully saturated rings. The monoisotopic (exact) mass is 135 g/mol. The van der Waals surface area contributed by atoms with E-state index in [1.807, 2.05) is 13.8 Å². The van der Waals surface area contributed by atoms with E-state index in [4.69, 9.17) is 5.26 Å². The summed E-state index contributed by atoms with van der Waals surface area (Å²) < 4.78 is 0. The largest absolute Gasteiger partial charge is 0.261 e. The van der Waals surface area contributed by atoms with Gasteiger partial charge in [-0.3, -0.25) is 9.98 Å². The van der Waals surface area contributed by atoms with Gasteiger partial charge >= 0.3 is 0 Å². The van der Waals surface area contributed by atoms with Crippen LogP contribution in [0.15, 0.2) is 9.98 Å². The van der Waals surface area contributed by atoms with Crippen LogP contribution in [0.2, 0.25) is 0 Å². The van der Waals surface area contributed by atoms with Crippen molar-refractivity contribution >= 4 is 12.4 Å². The van der Waals surface area contributed by atoms with E-state index in [0.717, 1.165) is 0 Å². The number of aliphatic imine (C=N–C) groups is 2. The minimum absolute atomic E-state index is 0.150. The summed E-state index contributed by atoms with van der Waals surface area (Å²) >= 11 is 0. The lowest BCUT2D eigenvalue weighted by Gasteiger charge is -2.18. The molecule has 0 aliphatic carbocycles. The number of hydrogen-bond donors (Lipinski definition) is 0. The first-order valence-electron chi connectivity index (χ1n) is 3.18. The van der Waals surface area contributed by atoms with Crippen LogP contribution in [-0.4, -0.2) is 18.1 Å². The van der Waals surface area contributed by atoms with Gasteiger partial charge in [0.2, 0.25) is 0 Å². The summed E-state index contributed by atoms with van der Waals surface area (Å²) in [5.41, 5.74) is -0.519. The van der Waals surface area contributed by atoms with E-state index in [1.165, 1.54) is 0 Å². The Morgan fingerprint density at radius 1 is 1.50 bits per heavy atom. The van der Waals surface area contributed by atoms with Gasteiger partial charge < -0.3 is 0 Å². The van der Waals surface area contributed by atoms with E-state index < -0.39 is 5.66 Å². The molecule has 3 heteroatoms. The number of nitrogens with zero attached hydrogens (tertiary/aromatic N) is 3. The molecule has 52 valence electrons. The van der Waals surface area contributed by atoms with Crippen LogP contribution in [0.25, 0.3) is 0 Å². The Balaban J connectivity index is 2.81. The molecule has 1 atom stereocenters. The Labute approximate surface area is 60.1 Å². The van der Waals surface area contributed by atoms with Crippen LogP contribution in [-0.2, 0) is 0 Å². The summed E-state index contributed by atoms with van der Waals surface area (Å²) in [4.78, 5) is 8.14. The third-order valence-corrected chi connectivity index (χ3v) is 1.75. The van der Waals surface area contributed by atoms with Crippen LogP contribution < -0.4 is 0 Å². The third kappa shape index (κ3) is 0.926. The van der Waals surface area contributed by atoms with E-state index >= 15 is 0 Å². The van der Waals surface area contributed by atoms with Crippen molar-refractivity contribution in [3.05, 3.63) is 0 Å². The highest BCUT2D eigenvalue weighted by Crippen LogP contribution is 2.23. The Morgan fingerprint density at radius 3 is 2.40 bits per heavy atom. The van der Waals surface area contributed by atoms with Crippen molar-refractivity contribution in [2.24, 2.45) is 15.9 Å². The second-order valence-electron chi connectivity index (χ2n) is 2.50. The molecule has 0 amide bonds. The Bertz CT molecular complexity index is 209. The molecule has 0 aromatic rings. The van der Waals surface area contributed by atoms with Crippen LogP contribution in [0, 0.1) is 17.2 Å². The van der Waals surface area contributed by atoms with Crippen molar-refractivity contribution in [3.8, 4) is 6.07 Å². The molecule has 0 spiro atoms. The van der Waals surface area contributed by atoms with Gasteiger partial charge in [0.1, 0.15) is 0 Å². The first kappa shape index (κ1) is 6.94. The normalized spacial score (nSPS) is 22.5. The molecule has 3 nitrogen and oxygen atoms in total. The van der Waals surface area contributed by atoms with Crippen molar-refractivity contribution in [1.82, 2.24) is 0 Å². The number of rotatable bonds is 1. The zero-order valence-electron chi connectivity index (χ0n) is 6.07. The lowest BCUT2D eigenvalue weighted by Crippen LogP contribution is -2.25. The molecule has 0 N–H and O–H groups in total. The molecule has 0 aromatic heterocycles. The smallest absolute Gasteiger partial charge is 0.162 e. The lowest BCUT2D eigenvalue weighted by atomic mass is 10.00. The predicted octanol–water partition coefficient (Wildman–Crippen LogP) is 1.02. The second kappa shape index (κ2) is 2.22. The zero-order valence-corrected chi connectivity index (χ0v) is 6.07. The third-order valence-electron chi connectivity index (χ3n) is 1.75. The summed E-state index contributed by atoms with van der Waals surface area (Å²) in [7, 11) is 0. The lowest BCUT2D eigenvalue weighted by molar-refractivity contribution is 0.410. The Hall–Kier alpha value is -1.17. The number of hydrogen-bond acceptors (Lipinski definition) is 3. The maximum atomic E-state index is 8.56. The van der Waals surface area contributed by atoms with Gasteiger partial charge in [0.25, 0.3) is 0 Å². The summed E-state index contributed by atoms with van der Waals surface area (Å²) in [6.45, 7) is 3.67. The van der Waals surface area contributed by atoms with Gasteiger partial charge in [0, 0.05) is 12.4 Å². The number of nitriles is 1. The highest BCUT2D eigenvalue weighted by molar-refractivity contribution is 6.17. The average molecular weight is 135 g/mol. The average Bonchev–Trinajstić information content (AvgIpc) is 2.36. The highest BCUT2D eigenvalue weighted by Gasteiger charge is 2.30. The topological polar surface area (TPSA) is 48.5 Å². The fourth-order valence-corrected chi connectivity index (χ4v) is 0.748. The molecule has 1 rings (SSSR count). The van der Waals surface area contributed by atoms with Crippen molar-refractivity contribution < 1.29 is 0 Å². The molecule has 0 aromatic carbocycles. The van der Waals surface area contributed by atoms with E-state index in [1.54, 1.807) is 12.4 Å². The minimum Gasteiger partial charge on any atom is -0.261 e. The van der Waals surface area contributed by atoms with Crippen LogP contribution in [0.4, 0.5) is 0 Å². The summed E-state index contributed by atoms with van der Waals surface area (Å²) in [5, 5.41) is 8.56. The van der Waals surface area contributed by atoms with Crippen molar-refractivity contribution in [3.63, 3.8) is 0 Å². The van der Waals surface area contributed by atoms with Gasteiger partial charge in [-0.15, -0.1) is 0 Å². The molecular formula is C7H9N3. The highest BCUT2D eigenvalue weighted by atomic mass is 15.1. The van der Waals surface area contributed by atoms with Gasteiger partial charge in [-0.25, -0.2) is 0 Å². The minimum atomic E-state index is -0.519. The fourth-order valence-electron chi connectivity index (χ4n) is 0.748. The zero-order chi connectivity index (χ0) is 7.61. The van der Waals surface area contributed by atoms with Crippen LogP contribution in [0.1, 0.15) is 13.8 Å². The molecule has 1 heterocycles. The van der Waals surface area contributed by atoms with Crippen LogP contribution in [0.5, 0.6) is 0 Å². The first-order chi connectivity index (χ1) is 4.69. The van der Waals surface area contributed by atoms with Crippen molar-refractivity contribution in [2.75, 3.05) is 0 Å². The predicted molar refractivity (Wildman–Crippen MR) is 40.2 cm³/mol. The van der Waals surface area contributed by atoms with E-state index in [9.17, 15) is 0 Å². The van der Waals surface area contributed by atoms with E-state index in [2.05, 4.69) is 16.1 Å².